The second-order valence-corrected chi connectivity index (χ2v) is 7.44. The Kier molecular flexibility index (Phi) is 4.06. The van der Waals surface area contributed by atoms with E-state index >= 15 is 0 Å². The lowest BCUT2D eigenvalue weighted by Gasteiger charge is -2.32. The molecule has 3 fully saturated rings. The lowest BCUT2D eigenvalue weighted by Crippen LogP contribution is -2.44. The summed E-state index contributed by atoms with van der Waals surface area (Å²) >= 11 is 0. The molecular weight excluding hydrogens is 340 g/mol. The fourth-order valence-electron chi connectivity index (χ4n) is 4.09. The molecule has 1 N–H and O–H groups in total. The van der Waals surface area contributed by atoms with E-state index in [4.69, 9.17) is 18.9 Å². The molecule has 0 unspecified atom stereocenters. The van der Waals surface area contributed by atoms with Crippen molar-refractivity contribution in [2.45, 2.75) is 56.4 Å². The first-order chi connectivity index (χ1) is 12.3. The van der Waals surface area contributed by atoms with Gasteiger partial charge in [0.25, 0.3) is 0 Å². The molecule has 5 rings (SSSR count). The average Bonchev–Trinajstić information content (AvgIpc) is 3.20. The van der Waals surface area contributed by atoms with Gasteiger partial charge in [0.2, 0.25) is 0 Å². The van der Waals surface area contributed by atoms with E-state index in [1.807, 2.05) is 0 Å². The second-order valence-electron chi connectivity index (χ2n) is 7.44. The molecule has 0 amide bonds. The molecule has 6 atom stereocenters. The van der Waals surface area contributed by atoms with Gasteiger partial charge < -0.3 is 24.1 Å². The number of epoxide rings is 1. The molecule has 0 aromatic carbocycles. The van der Waals surface area contributed by atoms with Crippen molar-refractivity contribution in [1.29, 1.82) is 0 Å². The third kappa shape index (κ3) is 2.71. The summed E-state index contributed by atoms with van der Waals surface area (Å²) in [6, 6.07) is 0. The van der Waals surface area contributed by atoms with Crippen molar-refractivity contribution in [3.63, 3.8) is 0 Å². The minimum atomic E-state index is -1.10. The topological polar surface area (TPSA) is 94.6 Å². The summed E-state index contributed by atoms with van der Waals surface area (Å²) in [7, 11) is 0. The first-order valence-corrected chi connectivity index (χ1v) is 8.75. The summed E-state index contributed by atoms with van der Waals surface area (Å²) in [5.74, 6) is -1.60. The SMILES string of the molecule is C=C(C)C(=O)O[C@@H]1C=C2CC[C@@H]3O[C@]3(C[C@@H]3OC(=O)C(=C)[C@H]31)[C@@H](O)OC2. The molecule has 7 heteroatoms. The molecule has 1 spiro atoms. The van der Waals surface area contributed by atoms with Gasteiger partial charge in [-0.05, 0) is 31.4 Å². The predicted molar refractivity (Wildman–Crippen MR) is 88.7 cm³/mol. The monoisotopic (exact) mass is 362 g/mol. The van der Waals surface area contributed by atoms with Crippen LogP contribution in [-0.4, -0.2) is 53.9 Å². The van der Waals surface area contributed by atoms with E-state index in [1.54, 1.807) is 13.0 Å². The number of aliphatic hydroxyl groups excluding tert-OH is 1. The maximum atomic E-state index is 12.2. The number of fused-ring (bicyclic) bond motifs is 4. The Morgan fingerprint density at radius 2 is 2.23 bits per heavy atom. The lowest BCUT2D eigenvalue weighted by molar-refractivity contribution is -0.159. The largest absolute Gasteiger partial charge is 0.458 e. The molecule has 0 aromatic heterocycles. The minimum Gasteiger partial charge on any atom is -0.458 e. The van der Waals surface area contributed by atoms with Crippen molar-refractivity contribution in [1.82, 2.24) is 0 Å². The number of hydrogen-bond acceptors (Lipinski definition) is 7. The minimum absolute atomic E-state index is 0.149. The molecule has 3 saturated heterocycles. The van der Waals surface area contributed by atoms with Crippen molar-refractivity contribution in [2.24, 2.45) is 5.92 Å². The highest BCUT2D eigenvalue weighted by atomic mass is 16.7. The Balaban J connectivity index is 1.75. The fourth-order valence-corrected chi connectivity index (χ4v) is 4.09. The summed E-state index contributed by atoms with van der Waals surface area (Å²) in [6.07, 6.45) is 0.887. The van der Waals surface area contributed by atoms with Crippen LogP contribution in [0.5, 0.6) is 0 Å². The molecule has 7 nitrogen and oxygen atoms in total. The molecule has 0 aromatic rings. The highest BCUT2D eigenvalue weighted by Gasteiger charge is 2.65. The number of ether oxygens (including phenoxy) is 4. The maximum absolute atomic E-state index is 12.2. The average molecular weight is 362 g/mol. The van der Waals surface area contributed by atoms with E-state index < -0.39 is 42.0 Å². The van der Waals surface area contributed by atoms with Crippen LogP contribution in [0, 0.1) is 5.92 Å². The van der Waals surface area contributed by atoms with E-state index in [9.17, 15) is 14.7 Å². The molecule has 26 heavy (non-hydrogen) atoms. The van der Waals surface area contributed by atoms with Crippen LogP contribution in [0.2, 0.25) is 0 Å². The molecule has 4 heterocycles. The Bertz CT molecular complexity index is 723. The molecule has 1 aliphatic carbocycles. The smallest absolute Gasteiger partial charge is 0.334 e. The van der Waals surface area contributed by atoms with Crippen LogP contribution in [0.3, 0.4) is 0 Å². The van der Waals surface area contributed by atoms with E-state index in [0.717, 1.165) is 12.0 Å². The fraction of sp³-hybridized carbons (Fsp3) is 0.579. The number of carbonyl (C=O) groups excluding carboxylic acids is 2. The molecule has 0 saturated carbocycles. The Labute approximate surface area is 151 Å². The first kappa shape index (κ1) is 17.5. The van der Waals surface area contributed by atoms with Crippen molar-refractivity contribution in [2.75, 3.05) is 6.61 Å². The van der Waals surface area contributed by atoms with Crippen molar-refractivity contribution >= 4 is 11.9 Å². The third-order valence-corrected chi connectivity index (χ3v) is 5.61. The van der Waals surface area contributed by atoms with Gasteiger partial charge in [-0.2, -0.15) is 0 Å². The Morgan fingerprint density at radius 3 is 2.96 bits per heavy atom. The zero-order valence-corrected chi connectivity index (χ0v) is 14.6. The van der Waals surface area contributed by atoms with Crippen molar-refractivity contribution < 1.29 is 33.6 Å². The number of carbonyl (C=O) groups is 2. The molecule has 2 bridgehead atoms. The summed E-state index contributed by atoms with van der Waals surface area (Å²) in [5, 5.41) is 10.4. The van der Waals surface area contributed by atoms with E-state index in [1.165, 1.54) is 0 Å². The maximum Gasteiger partial charge on any atom is 0.334 e. The molecular formula is C19H22O7. The quantitative estimate of drug-likeness (QED) is 0.341. The van der Waals surface area contributed by atoms with Gasteiger partial charge in [-0.3, -0.25) is 0 Å². The van der Waals surface area contributed by atoms with Gasteiger partial charge in [-0.15, -0.1) is 0 Å². The second kappa shape index (κ2) is 6.04. The van der Waals surface area contributed by atoms with Crippen LogP contribution >= 0.6 is 0 Å². The van der Waals surface area contributed by atoms with Gasteiger partial charge in [-0.1, -0.05) is 13.2 Å². The highest BCUT2D eigenvalue weighted by molar-refractivity contribution is 5.91. The van der Waals surface area contributed by atoms with Gasteiger partial charge in [0.15, 0.2) is 6.29 Å². The predicted octanol–water partition coefficient (Wildman–Crippen LogP) is 1.17. The highest BCUT2D eigenvalue weighted by Crippen LogP contribution is 2.52. The zero-order valence-electron chi connectivity index (χ0n) is 14.6. The van der Waals surface area contributed by atoms with Gasteiger partial charge in [0, 0.05) is 17.6 Å². The molecule has 5 aliphatic rings. The van der Waals surface area contributed by atoms with E-state index in [2.05, 4.69) is 13.2 Å². The van der Waals surface area contributed by atoms with E-state index in [-0.39, 0.29) is 30.3 Å². The zero-order chi connectivity index (χ0) is 18.6. The number of aliphatic hydroxyl groups is 1. The van der Waals surface area contributed by atoms with Crippen LogP contribution in [0.4, 0.5) is 0 Å². The summed E-state index contributed by atoms with van der Waals surface area (Å²) in [6.45, 7) is 9.23. The first-order valence-electron chi connectivity index (χ1n) is 8.75. The molecule has 4 aliphatic heterocycles. The normalized spacial score (nSPS) is 41.3. The van der Waals surface area contributed by atoms with Crippen LogP contribution in [-0.2, 0) is 28.5 Å². The van der Waals surface area contributed by atoms with Gasteiger partial charge >= 0.3 is 11.9 Å². The Morgan fingerprint density at radius 1 is 1.46 bits per heavy atom. The van der Waals surface area contributed by atoms with Crippen LogP contribution in [0.15, 0.2) is 36.0 Å². The summed E-state index contributed by atoms with van der Waals surface area (Å²) < 4.78 is 22.5. The standard InChI is InChI=1S/C19H22O7/c1-9(2)16(20)24-12-6-11-4-5-14-19(26-14,18(22)23-8-11)7-13-15(12)10(3)17(21)25-13/h6,12-15,18,22H,1,3-5,7-8H2,2H3/t12-,13+,14+,15+,18+,19+/m1/s1. The number of rotatable bonds is 2. The molecule has 140 valence electrons. The lowest BCUT2D eigenvalue weighted by atomic mass is 9.81. The number of hydrogen-bond donors (Lipinski definition) is 1. The number of esters is 2. The van der Waals surface area contributed by atoms with Gasteiger partial charge in [0.05, 0.1) is 18.6 Å². The summed E-state index contributed by atoms with van der Waals surface area (Å²) in [5.41, 5.74) is 0.513. The van der Waals surface area contributed by atoms with Gasteiger partial charge in [-0.25, -0.2) is 9.59 Å². The Hall–Kier alpha value is -1.96. The van der Waals surface area contributed by atoms with Crippen molar-refractivity contribution in [3.05, 3.63) is 36.0 Å². The van der Waals surface area contributed by atoms with Crippen LogP contribution in [0.25, 0.3) is 0 Å². The van der Waals surface area contributed by atoms with Crippen molar-refractivity contribution in [3.8, 4) is 0 Å². The molecule has 0 radical (unpaired) electrons. The van der Waals surface area contributed by atoms with Crippen LogP contribution < -0.4 is 0 Å². The van der Waals surface area contributed by atoms with E-state index in [0.29, 0.717) is 6.42 Å². The van der Waals surface area contributed by atoms with Crippen LogP contribution in [0.1, 0.15) is 26.2 Å². The third-order valence-electron chi connectivity index (χ3n) is 5.61. The van der Waals surface area contributed by atoms with Gasteiger partial charge in [0.1, 0.15) is 17.8 Å². The summed E-state index contributed by atoms with van der Waals surface area (Å²) in [4.78, 5) is 24.3.